The molecule has 184 valence electrons. The molecule has 0 radical (unpaired) electrons. The molecule has 3 aromatic rings. The Hall–Kier alpha value is -4.02. The highest BCUT2D eigenvalue weighted by Gasteiger charge is 2.27. The zero-order chi connectivity index (χ0) is 25.3. The number of ether oxygens (including phenoxy) is 1. The predicted octanol–water partition coefficient (Wildman–Crippen LogP) is 3.84. The number of benzene rings is 1. The highest BCUT2D eigenvalue weighted by Crippen LogP contribution is 2.32. The van der Waals surface area contributed by atoms with Crippen LogP contribution in [0.2, 0.25) is 0 Å². The minimum absolute atomic E-state index is 0.0380. The standard InChI is InChI=1S/C24H25F2N5O4/c1-24(2,3)35-23(33)31-11-9-30(10-12-31)17-8-7-14(13-28-17)20-19(21(27)32)29-22(34-20)18-15(25)5-4-6-16(18)26/h4-8,13H,9-12H2,1-3H3,(H2,27,32). The highest BCUT2D eigenvalue weighted by atomic mass is 19.1. The molecule has 0 bridgehead atoms. The number of nitrogens with two attached hydrogens (primary N) is 1. The zero-order valence-electron chi connectivity index (χ0n) is 19.5. The Morgan fingerprint density at radius 2 is 1.71 bits per heavy atom. The Labute approximate surface area is 200 Å². The number of rotatable bonds is 4. The fourth-order valence-electron chi connectivity index (χ4n) is 3.64. The van der Waals surface area contributed by atoms with E-state index < -0.39 is 34.6 Å². The van der Waals surface area contributed by atoms with Crippen molar-refractivity contribution in [2.75, 3.05) is 31.1 Å². The van der Waals surface area contributed by atoms with Gasteiger partial charge in [-0.15, -0.1) is 0 Å². The van der Waals surface area contributed by atoms with Gasteiger partial charge < -0.3 is 24.7 Å². The van der Waals surface area contributed by atoms with Crippen LogP contribution in [0.4, 0.5) is 19.4 Å². The Morgan fingerprint density at radius 1 is 1.06 bits per heavy atom. The van der Waals surface area contributed by atoms with Crippen molar-refractivity contribution >= 4 is 17.8 Å². The Bertz CT molecular complexity index is 1230. The van der Waals surface area contributed by atoms with E-state index in [2.05, 4.69) is 9.97 Å². The van der Waals surface area contributed by atoms with Crippen molar-refractivity contribution in [3.63, 3.8) is 0 Å². The maximum absolute atomic E-state index is 14.2. The second-order valence-corrected chi connectivity index (χ2v) is 9.02. The lowest BCUT2D eigenvalue weighted by Crippen LogP contribution is -2.50. The Kier molecular flexibility index (Phi) is 6.42. The number of amides is 2. The quantitative estimate of drug-likeness (QED) is 0.597. The summed E-state index contributed by atoms with van der Waals surface area (Å²) in [4.78, 5) is 36.2. The van der Waals surface area contributed by atoms with Crippen molar-refractivity contribution in [3.8, 4) is 22.8 Å². The molecule has 0 unspecified atom stereocenters. The first-order valence-electron chi connectivity index (χ1n) is 11.0. The summed E-state index contributed by atoms with van der Waals surface area (Å²) in [7, 11) is 0. The fourth-order valence-corrected chi connectivity index (χ4v) is 3.64. The van der Waals surface area contributed by atoms with Crippen LogP contribution in [-0.4, -0.2) is 58.6 Å². The number of carbonyl (C=O) groups excluding carboxylic acids is 2. The molecule has 1 aliphatic heterocycles. The number of oxazole rings is 1. The third-order valence-corrected chi connectivity index (χ3v) is 5.30. The van der Waals surface area contributed by atoms with Crippen LogP contribution in [0.5, 0.6) is 0 Å². The first kappa shape index (κ1) is 24.1. The minimum Gasteiger partial charge on any atom is -0.444 e. The van der Waals surface area contributed by atoms with Crippen molar-refractivity contribution < 1.29 is 27.5 Å². The molecule has 11 heteroatoms. The molecule has 2 amide bonds. The van der Waals surface area contributed by atoms with Crippen LogP contribution in [0.15, 0.2) is 40.9 Å². The summed E-state index contributed by atoms with van der Waals surface area (Å²) >= 11 is 0. The third kappa shape index (κ3) is 5.23. The number of anilines is 1. The van der Waals surface area contributed by atoms with Gasteiger partial charge in [0.1, 0.15) is 28.6 Å². The van der Waals surface area contributed by atoms with E-state index in [1.54, 1.807) is 17.0 Å². The SMILES string of the molecule is CC(C)(C)OC(=O)N1CCN(c2ccc(-c3oc(-c4c(F)cccc4F)nc3C(N)=O)cn2)CC1. The highest BCUT2D eigenvalue weighted by molar-refractivity contribution is 5.97. The van der Waals surface area contributed by atoms with Gasteiger partial charge in [-0.05, 0) is 45.0 Å². The van der Waals surface area contributed by atoms with E-state index in [-0.39, 0.29) is 17.5 Å². The average Bonchev–Trinajstić information content (AvgIpc) is 3.23. The lowest BCUT2D eigenvalue weighted by atomic mass is 10.2. The Balaban J connectivity index is 1.52. The Morgan fingerprint density at radius 3 is 2.26 bits per heavy atom. The van der Waals surface area contributed by atoms with E-state index in [1.165, 1.54) is 12.3 Å². The number of carbonyl (C=O) groups is 2. The number of halogens is 2. The third-order valence-electron chi connectivity index (χ3n) is 5.30. The first-order chi connectivity index (χ1) is 16.5. The molecule has 2 N–H and O–H groups in total. The zero-order valence-corrected chi connectivity index (χ0v) is 19.5. The number of hydrogen-bond donors (Lipinski definition) is 1. The largest absolute Gasteiger partial charge is 0.444 e. The van der Waals surface area contributed by atoms with Gasteiger partial charge in [-0.2, -0.15) is 0 Å². The average molecular weight is 485 g/mol. The smallest absolute Gasteiger partial charge is 0.410 e. The normalized spacial score (nSPS) is 14.2. The first-order valence-corrected chi connectivity index (χ1v) is 11.0. The van der Waals surface area contributed by atoms with Gasteiger partial charge in [0.05, 0.1) is 0 Å². The number of aromatic nitrogens is 2. The van der Waals surface area contributed by atoms with Crippen LogP contribution < -0.4 is 10.6 Å². The number of hydrogen-bond acceptors (Lipinski definition) is 7. The van der Waals surface area contributed by atoms with Crippen LogP contribution in [0.1, 0.15) is 31.3 Å². The second kappa shape index (κ2) is 9.32. The molecule has 1 aliphatic rings. The van der Waals surface area contributed by atoms with Crippen molar-refractivity contribution in [1.29, 1.82) is 0 Å². The van der Waals surface area contributed by atoms with Crippen molar-refractivity contribution in [1.82, 2.24) is 14.9 Å². The van der Waals surface area contributed by atoms with Gasteiger partial charge in [0.15, 0.2) is 11.5 Å². The molecule has 0 aliphatic carbocycles. The molecular formula is C24H25F2N5O4. The van der Waals surface area contributed by atoms with Gasteiger partial charge in [-0.3, -0.25) is 4.79 Å². The molecule has 1 aromatic carbocycles. The van der Waals surface area contributed by atoms with Gasteiger partial charge in [-0.25, -0.2) is 23.5 Å². The summed E-state index contributed by atoms with van der Waals surface area (Å²) in [5.74, 6) is -2.46. The van der Waals surface area contributed by atoms with Crippen molar-refractivity contribution in [2.45, 2.75) is 26.4 Å². The lowest BCUT2D eigenvalue weighted by molar-refractivity contribution is 0.0240. The van der Waals surface area contributed by atoms with Crippen LogP contribution in [0.25, 0.3) is 22.8 Å². The van der Waals surface area contributed by atoms with Gasteiger partial charge in [0, 0.05) is 37.9 Å². The molecule has 3 heterocycles. The number of piperazine rings is 1. The maximum Gasteiger partial charge on any atom is 0.410 e. The molecule has 1 fully saturated rings. The minimum atomic E-state index is -0.908. The van der Waals surface area contributed by atoms with Crippen LogP contribution in [-0.2, 0) is 4.74 Å². The molecule has 2 aromatic heterocycles. The van der Waals surface area contributed by atoms with Crippen LogP contribution in [0.3, 0.4) is 0 Å². The van der Waals surface area contributed by atoms with Gasteiger partial charge >= 0.3 is 6.09 Å². The van der Waals surface area contributed by atoms with E-state index in [0.717, 1.165) is 12.1 Å². The van der Waals surface area contributed by atoms with Gasteiger partial charge in [0.2, 0.25) is 5.89 Å². The summed E-state index contributed by atoms with van der Waals surface area (Å²) in [6.45, 7) is 7.52. The van der Waals surface area contributed by atoms with E-state index in [0.29, 0.717) is 37.6 Å². The molecule has 4 rings (SSSR count). The van der Waals surface area contributed by atoms with Gasteiger partial charge in [-0.1, -0.05) is 6.07 Å². The fraction of sp³-hybridized carbons (Fsp3) is 0.333. The van der Waals surface area contributed by atoms with E-state index >= 15 is 0 Å². The summed E-state index contributed by atoms with van der Waals surface area (Å²) < 4.78 is 39.4. The number of primary amides is 1. The number of pyridine rings is 1. The molecular weight excluding hydrogens is 460 g/mol. The molecule has 9 nitrogen and oxygen atoms in total. The number of nitrogens with zero attached hydrogens (tertiary/aromatic N) is 4. The summed E-state index contributed by atoms with van der Waals surface area (Å²) in [6.07, 6.45) is 1.11. The van der Waals surface area contributed by atoms with Gasteiger partial charge in [0.25, 0.3) is 5.91 Å². The van der Waals surface area contributed by atoms with Crippen LogP contribution in [0, 0.1) is 11.6 Å². The summed E-state index contributed by atoms with van der Waals surface area (Å²) in [5.41, 5.74) is 4.47. The lowest BCUT2D eigenvalue weighted by Gasteiger charge is -2.36. The monoisotopic (exact) mass is 485 g/mol. The van der Waals surface area contributed by atoms with E-state index in [9.17, 15) is 18.4 Å². The predicted molar refractivity (Wildman–Crippen MR) is 124 cm³/mol. The van der Waals surface area contributed by atoms with Crippen LogP contribution >= 0.6 is 0 Å². The van der Waals surface area contributed by atoms with Crippen molar-refractivity contribution in [2.24, 2.45) is 5.73 Å². The molecule has 35 heavy (non-hydrogen) atoms. The molecule has 0 saturated carbocycles. The maximum atomic E-state index is 14.2. The molecule has 1 saturated heterocycles. The summed E-state index contributed by atoms with van der Waals surface area (Å²) in [5, 5.41) is 0. The van der Waals surface area contributed by atoms with E-state index in [1.807, 2.05) is 25.7 Å². The molecule has 0 spiro atoms. The van der Waals surface area contributed by atoms with E-state index in [4.69, 9.17) is 14.9 Å². The topological polar surface area (TPSA) is 115 Å². The molecule has 0 atom stereocenters. The van der Waals surface area contributed by atoms with Crippen molar-refractivity contribution in [3.05, 3.63) is 53.9 Å². The second-order valence-electron chi connectivity index (χ2n) is 9.02. The summed E-state index contributed by atoms with van der Waals surface area (Å²) in [6, 6.07) is 6.70.